The Bertz CT molecular complexity index is 1060. The van der Waals surface area contributed by atoms with Crippen molar-refractivity contribution in [2.75, 3.05) is 23.4 Å². The molecule has 1 aromatic carbocycles. The second-order valence-corrected chi connectivity index (χ2v) is 8.45. The number of benzene rings is 1. The van der Waals surface area contributed by atoms with E-state index in [9.17, 15) is 5.21 Å². The van der Waals surface area contributed by atoms with Gasteiger partial charge in [-0.1, -0.05) is 44.2 Å². The van der Waals surface area contributed by atoms with Gasteiger partial charge in [0.2, 0.25) is 5.82 Å². The molecule has 156 valence electrons. The first-order chi connectivity index (χ1) is 14.6. The summed E-state index contributed by atoms with van der Waals surface area (Å²) in [6.45, 7) is 5.38. The molecule has 0 saturated carbocycles. The lowest BCUT2D eigenvalue weighted by molar-refractivity contribution is -0.589. The molecule has 2 aliphatic heterocycles. The van der Waals surface area contributed by atoms with E-state index in [0.29, 0.717) is 17.8 Å². The van der Waals surface area contributed by atoms with Crippen molar-refractivity contribution in [3.63, 3.8) is 0 Å². The first kappa shape index (κ1) is 18.9. The van der Waals surface area contributed by atoms with Crippen LogP contribution in [0.2, 0.25) is 0 Å². The topological polar surface area (TPSA) is 64.1 Å². The highest BCUT2D eigenvalue weighted by Crippen LogP contribution is 2.47. The van der Waals surface area contributed by atoms with Crippen molar-refractivity contribution in [3.05, 3.63) is 54.1 Å². The van der Waals surface area contributed by atoms with Gasteiger partial charge in [0.1, 0.15) is 11.9 Å². The number of anilines is 2. The summed E-state index contributed by atoms with van der Waals surface area (Å²) in [5.74, 6) is 1.78. The molecule has 2 aliphatic rings. The third-order valence-electron chi connectivity index (χ3n) is 6.91. The minimum absolute atomic E-state index is 0.00437. The Morgan fingerprint density at radius 1 is 1.20 bits per heavy atom. The lowest BCUT2D eigenvalue weighted by Crippen LogP contribution is -2.61. The van der Waals surface area contributed by atoms with E-state index in [-0.39, 0.29) is 5.54 Å². The van der Waals surface area contributed by atoms with Gasteiger partial charge in [-0.25, -0.2) is 14.3 Å². The maximum atomic E-state index is 13.8. The summed E-state index contributed by atoms with van der Waals surface area (Å²) in [5.41, 5.74) is 1.86. The number of rotatable bonds is 4. The Labute approximate surface area is 177 Å². The number of likely N-dealkylation sites (N-methyl/N-ethyl adjacent to an activating group) is 1. The molecule has 3 aromatic rings. The van der Waals surface area contributed by atoms with Gasteiger partial charge in [0.05, 0.1) is 30.5 Å². The molecule has 7 heteroatoms. The molecule has 30 heavy (non-hydrogen) atoms. The summed E-state index contributed by atoms with van der Waals surface area (Å²) >= 11 is 0. The molecule has 2 aromatic heterocycles. The molecule has 0 aliphatic carbocycles. The molecular weight excluding hydrogens is 376 g/mol. The van der Waals surface area contributed by atoms with Crippen molar-refractivity contribution in [1.29, 1.82) is 0 Å². The van der Waals surface area contributed by atoms with Crippen molar-refractivity contribution in [2.45, 2.75) is 51.1 Å². The van der Waals surface area contributed by atoms with Crippen LogP contribution >= 0.6 is 0 Å². The highest BCUT2D eigenvalue weighted by atomic mass is 16.5. The first-order valence-electron chi connectivity index (χ1n) is 10.8. The zero-order valence-electron chi connectivity index (χ0n) is 17.8. The highest BCUT2D eigenvalue weighted by molar-refractivity contribution is 5.69. The van der Waals surface area contributed by atoms with E-state index in [4.69, 9.17) is 0 Å². The van der Waals surface area contributed by atoms with Gasteiger partial charge in [0, 0.05) is 12.6 Å². The average Bonchev–Trinajstić information content (AvgIpc) is 3.40. The van der Waals surface area contributed by atoms with Gasteiger partial charge in [-0.2, -0.15) is 0 Å². The van der Waals surface area contributed by atoms with E-state index in [2.05, 4.69) is 40.7 Å². The second-order valence-electron chi connectivity index (χ2n) is 8.45. The number of fused-ring (bicyclic) bond motifs is 3. The third-order valence-corrected chi connectivity index (χ3v) is 6.91. The van der Waals surface area contributed by atoms with Gasteiger partial charge in [-0.3, -0.25) is 4.90 Å². The molecule has 0 radical (unpaired) electrons. The van der Waals surface area contributed by atoms with Crippen molar-refractivity contribution < 1.29 is 4.73 Å². The summed E-state index contributed by atoms with van der Waals surface area (Å²) in [6, 6.07) is 10.3. The third kappa shape index (κ3) is 2.61. The van der Waals surface area contributed by atoms with Gasteiger partial charge in [0.15, 0.2) is 5.82 Å². The van der Waals surface area contributed by atoms with Crippen LogP contribution in [-0.2, 0) is 0 Å². The Morgan fingerprint density at radius 3 is 2.73 bits per heavy atom. The molecule has 0 amide bonds. The Hall–Kier alpha value is -3.09. The van der Waals surface area contributed by atoms with Crippen LogP contribution in [0.5, 0.6) is 0 Å². The molecule has 2 atom stereocenters. The van der Waals surface area contributed by atoms with Crippen molar-refractivity contribution in [2.24, 2.45) is 0 Å². The molecule has 0 N–H and O–H groups in total. The lowest BCUT2D eigenvalue weighted by Gasteiger charge is -2.47. The van der Waals surface area contributed by atoms with Crippen LogP contribution in [-0.4, -0.2) is 39.7 Å². The first-order valence-corrected chi connectivity index (χ1v) is 10.8. The van der Waals surface area contributed by atoms with Crippen LogP contribution in [0.15, 0.2) is 48.9 Å². The summed E-state index contributed by atoms with van der Waals surface area (Å²) < 4.78 is 2.82. The van der Waals surface area contributed by atoms with Crippen LogP contribution in [0.4, 0.5) is 11.5 Å². The fourth-order valence-electron chi connectivity index (χ4n) is 5.34. The standard InChI is InChI=1S/C23H28N6O/c1-4-18-11-12-23(5-2)16-26(3)19-15-25-22(29(30)21(19)28(18)23)27-14-13-24-20(27)17-9-7-6-8-10-17/h6-10,13-15,18H,4-5,11-12,16H2,1-3H3/t18-,23+/m1/s1. The van der Waals surface area contributed by atoms with Gasteiger partial charge in [-0.15, -0.1) is 4.98 Å². The van der Waals surface area contributed by atoms with Crippen LogP contribution in [0.25, 0.3) is 17.3 Å². The van der Waals surface area contributed by atoms with Gasteiger partial charge >= 0.3 is 5.95 Å². The van der Waals surface area contributed by atoms with Crippen LogP contribution in [0.1, 0.15) is 39.5 Å². The molecule has 1 fully saturated rings. The molecule has 0 unspecified atom stereocenters. The number of hydrogen-bond acceptors (Lipinski definition) is 5. The van der Waals surface area contributed by atoms with Crippen LogP contribution < -0.4 is 14.5 Å². The maximum absolute atomic E-state index is 13.8. The minimum Gasteiger partial charge on any atom is -0.754 e. The predicted molar refractivity (Wildman–Crippen MR) is 118 cm³/mol. The summed E-state index contributed by atoms with van der Waals surface area (Å²) in [6.07, 6.45) is 9.66. The molecule has 4 heterocycles. The molecule has 0 bridgehead atoms. The number of hydrogen-bond donors (Lipinski definition) is 0. The van der Waals surface area contributed by atoms with Crippen molar-refractivity contribution in [3.8, 4) is 17.3 Å². The predicted octanol–water partition coefficient (Wildman–Crippen LogP) is 3.55. The Kier molecular flexibility index (Phi) is 4.41. The maximum Gasteiger partial charge on any atom is 0.359 e. The quantitative estimate of drug-likeness (QED) is 0.492. The number of aromatic nitrogens is 4. The fourth-order valence-corrected chi connectivity index (χ4v) is 5.34. The van der Waals surface area contributed by atoms with E-state index in [0.717, 1.165) is 54.0 Å². The Morgan fingerprint density at radius 2 is 2.00 bits per heavy atom. The zero-order chi connectivity index (χ0) is 20.9. The normalized spacial score (nSPS) is 22.8. The van der Waals surface area contributed by atoms with E-state index in [1.54, 1.807) is 10.8 Å². The molecular formula is C23H28N6O. The fraction of sp³-hybridized carbons (Fsp3) is 0.435. The number of nitrogens with zero attached hydrogens (tertiary/aromatic N) is 6. The largest absolute Gasteiger partial charge is 0.754 e. The van der Waals surface area contributed by atoms with Crippen molar-refractivity contribution >= 4 is 11.5 Å². The summed E-state index contributed by atoms with van der Waals surface area (Å²) in [7, 11) is 2.07. The van der Waals surface area contributed by atoms with E-state index in [1.807, 2.05) is 42.7 Å². The van der Waals surface area contributed by atoms with Crippen molar-refractivity contribution in [1.82, 2.24) is 14.5 Å². The van der Waals surface area contributed by atoms with Gasteiger partial charge in [-0.05, 0) is 25.7 Å². The molecule has 7 nitrogen and oxygen atoms in total. The van der Waals surface area contributed by atoms with Gasteiger partial charge < -0.3 is 10.1 Å². The summed E-state index contributed by atoms with van der Waals surface area (Å²) in [4.78, 5) is 13.7. The minimum atomic E-state index is 0.00437. The molecule has 5 rings (SSSR count). The van der Waals surface area contributed by atoms with Crippen LogP contribution in [0.3, 0.4) is 0 Å². The highest BCUT2D eigenvalue weighted by Gasteiger charge is 2.53. The summed E-state index contributed by atoms with van der Waals surface area (Å²) in [5, 5.41) is 13.8. The SMILES string of the molecule is CC[C@@H]1CC[C@@]2(CC)CN(C)c3cnc(-n4ccnc4-c4ccccc4)[n+]([O-])c3N12. The smallest absolute Gasteiger partial charge is 0.359 e. The average molecular weight is 405 g/mol. The lowest BCUT2D eigenvalue weighted by atomic mass is 9.90. The van der Waals surface area contributed by atoms with E-state index in [1.165, 1.54) is 0 Å². The monoisotopic (exact) mass is 404 g/mol. The van der Waals surface area contributed by atoms with E-state index < -0.39 is 0 Å². The molecule has 0 spiro atoms. The zero-order valence-corrected chi connectivity index (χ0v) is 17.8. The number of imidazole rings is 1. The van der Waals surface area contributed by atoms with Crippen LogP contribution in [0, 0.1) is 5.21 Å². The molecule has 1 saturated heterocycles. The van der Waals surface area contributed by atoms with Gasteiger partial charge in [0.25, 0.3) is 0 Å². The second kappa shape index (κ2) is 7.00. The Balaban J connectivity index is 1.70. The van der Waals surface area contributed by atoms with E-state index >= 15 is 0 Å².